The Kier molecular flexibility index (Phi) is 31.3. The zero-order chi connectivity index (χ0) is 35.8. The fraction of sp³-hybridized carbons (Fsp3) is 0.947. The van der Waals surface area contributed by atoms with Crippen molar-refractivity contribution in [2.24, 2.45) is 0 Å². The number of ether oxygens (including phenoxy) is 2. The van der Waals surface area contributed by atoms with Crippen LogP contribution in [-0.2, 0) is 32.7 Å². The van der Waals surface area contributed by atoms with Gasteiger partial charge in [-0.2, -0.15) is 0 Å². The average Bonchev–Trinajstić information content (AvgIpc) is 3.02. The molecule has 0 radical (unpaired) electrons. The van der Waals surface area contributed by atoms with Gasteiger partial charge in [0.25, 0.3) is 0 Å². The van der Waals surface area contributed by atoms with E-state index in [1.165, 1.54) is 116 Å². The summed E-state index contributed by atoms with van der Waals surface area (Å²) in [7, 11) is 1.49. The minimum Gasteiger partial charge on any atom is -0.462 e. The Morgan fingerprint density at radius 3 is 1.33 bits per heavy atom. The lowest BCUT2D eigenvalue weighted by Gasteiger charge is -2.24. The van der Waals surface area contributed by atoms with Gasteiger partial charge in [0, 0.05) is 12.8 Å². The number of phosphoric ester groups is 1. The predicted molar refractivity (Wildman–Crippen MR) is 197 cm³/mol. The lowest BCUT2D eigenvalue weighted by atomic mass is 10.0. The standard InChI is InChI=1S/C38H76NO8P/c1-6-8-10-12-14-15-16-17-18-19-20-21-22-23-25-27-29-31-38(41)47-36(35-46-48(42,43)45-33-32-39(3,4)5)34-44-37(40)30-28-26-24-13-11-9-7-2/h36H,6-35H2,1-5H3/p+1. The highest BCUT2D eigenvalue weighted by Crippen LogP contribution is 2.43. The second-order valence-electron chi connectivity index (χ2n) is 14.7. The molecule has 10 heteroatoms. The second-order valence-corrected chi connectivity index (χ2v) is 16.1. The van der Waals surface area contributed by atoms with Crippen LogP contribution in [0.1, 0.15) is 181 Å². The van der Waals surface area contributed by atoms with E-state index in [9.17, 15) is 19.0 Å². The Bertz CT molecular complexity index is 804. The van der Waals surface area contributed by atoms with Crippen LogP contribution < -0.4 is 0 Å². The van der Waals surface area contributed by atoms with Gasteiger partial charge in [-0.1, -0.05) is 155 Å². The van der Waals surface area contributed by atoms with Gasteiger partial charge in [0.15, 0.2) is 6.10 Å². The number of likely N-dealkylation sites (N-methyl/N-ethyl adjacent to an activating group) is 1. The van der Waals surface area contributed by atoms with Crippen molar-refractivity contribution in [1.82, 2.24) is 0 Å². The van der Waals surface area contributed by atoms with Crippen molar-refractivity contribution in [3.05, 3.63) is 0 Å². The van der Waals surface area contributed by atoms with E-state index in [0.29, 0.717) is 17.4 Å². The number of carbonyl (C=O) groups excluding carboxylic acids is 2. The van der Waals surface area contributed by atoms with Gasteiger partial charge in [-0.3, -0.25) is 18.6 Å². The van der Waals surface area contributed by atoms with Crippen LogP contribution in [0.5, 0.6) is 0 Å². The zero-order valence-corrected chi connectivity index (χ0v) is 32.9. The summed E-state index contributed by atoms with van der Waals surface area (Å²) in [5, 5.41) is 0. The third-order valence-corrected chi connectivity index (χ3v) is 9.62. The fourth-order valence-corrected chi connectivity index (χ4v) is 6.23. The molecule has 0 bridgehead atoms. The first-order chi connectivity index (χ1) is 23.0. The number of quaternary nitrogens is 1. The molecule has 1 N–H and O–H groups in total. The smallest absolute Gasteiger partial charge is 0.462 e. The number of carbonyl (C=O) groups is 2. The van der Waals surface area contributed by atoms with E-state index in [0.717, 1.165) is 38.5 Å². The van der Waals surface area contributed by atoms with E-state index >= 15 is 0 Å². The Morgan fingerprint density at radius 2 is 0.938 bits per heavy atom. The Morgan fingerprint density at radius 1 is 0.562 bits per heavy atom. The number of nitrogens with zero attached hydrogens (tertiary/aromatic N) is 1. The van der Waals surface area contributed by atoms with Gasteiger partial charge >= 0.3 is 19.8 Å². The van der Waals surface area contributed by atoms with Crippen LogP contribution in [0.2, 0.25) is 0 Å². The SMILES string of the molecule is CCCCCCCCCCCCCCCCCCCC(=O)OC(COC(=O)CCCCCCCCC)COP(=O)(O)OCC[N+](C)(C)C. The van der Waals surface area contributed by atoms with Gasteiger partial charge in [-0.25, -0.2) is 4.57 Å². The molecule has 0 aromatic carbocycles. The number of hydrogen-bond acceptors (Lipinski definition) is 7. The van der Waals surface area contributed by atoms with Crippen molar-refractivity contribution in [1.29, 1.82) is 0 Å². The molecular formula is C38H77NO8P+. The molecule has 0 aliphatic heterocycles. The molecule has 0 amide bonds. The third kappa shape index (κ3) is 34.9. The molecule has 0 heterocycles. The molecule has 9 nitrogen and oxygen atoms in total. The van der Waals surface area contributed by atoms with Gasteiger partial charge in [-0.05, 0) is 12.8 Å². The number of phosphoric acid groups is 1. The van der Waals surface area contributed by atoms with Gasteiger partial charge in [0.1, 0.15) is 19.8 Å². The largest absolute Gasteiger partial charge is 0.472 e. The Balaban J connectivity index is 4.28. The van der Waals surface area contributed by atoms with Crippen molar-refractivity contribution in [2.45, 2.75) is 187 Å². The van der Waals surface area contributed by atoms with E-state index in [1.807, 2.05) is 21.1 Å². The lowest BCUT2D eigenvalue weighted by molar-refractivity contribution is -0.870. The summed E-state index contributed by atoms with van der Waals surface area (Å²) in [6.07, 6.45) is 28.8. The monoisotopic (exact) mass is 707 g/mol. The Labute approximate surface area is 295 Å². The molecule has 0 saturated heterocycles. The van der Waals surface area contributed by atoms with Crippen molar-refractivity contribution in [3.8, 4) is 0 Å². The molecule has 2 unspecified atom stereocenters. The molecule has 0 aliphatic rings. The molecule has 0 spiro atoms. The molecule has 0 aromatic rings. The van der Waals surface area contributed by atoms with Gasteiger partial charge in [-0.15, -0.1) is 0 Å². The van der Waals surface area contributed by atoms with E-state index < -0.39 is 26.5 Å². The average molecular weight is 707 g/mol. The molecule has 0 aliphatic carbocycles. The van der Waals surface area contributed by atoms with Crippen LogP contribution in [0.15, 0.2) is 0 Å². The molecule has 0 rings (SSSR count). The quantitative estimate of drug-likeness (QED) is 0.0297. The normalized spacial score (nSPS) is 13.7. The van der Waals surface area contributed by atoms with Gasteiger partial charge in [0.2, 0.25) is 0 Å². The van der Waals surface area contributed by atoms with Crippen LogP contribution in [-0.4, -0.2) is 74.9 Å². The van der Waals surface area contributed by atoms with Crippen LogP contribution in [0.25, 0.3) is 0 Å². The highest BCUT2D eigenvalue weighted by molar-refractivity contribution is 7.47. The molecular weight excluding hydrogens is 629 g/mol. The summed E-state index contributed by atoms with van der Waals surface area (Å²) in [5.74, 6) is -0.796. The maximum Gasteiger partial charge on any atom is 0.472 e. The summed E-state index contributed by atoms with van der Waals surface area (Å²) in [5.41, 5.74) is 0. The van der Waals surface area contributed by atoms with Crippen LogP contribution in [0.3, 0.4) is 0 Å². The first-order valence-corrected chi connectivity index (χ1v) is 21.3. The highest BCUT2D eigenvalue weighted by atomic mass is 31.2. The van der Waals surface area contributed by atoms with E-state index in [1.54, 1.807) is 0 Å². The molecule has 2 atom stereocenters. The van der Waals surface area contributed by atoms with E-state index in [-0.39, 0.29) is 25.6 Å². The summed E-state index contributed by atoms with van der Waals surface area (Å²) >= 11 is 0. The molecule has 0 saturated carbocycles. The lowest BCUT2D eigenvalue weighted by Crippen LogP contribution is -2.37. The minimum atomic E-state index is -4.35. The number of rotatable bonds is 36. The van der Waals surface area contributed by atoms with Gasteiger partial charge < -0.3 is 18.9 Å². The maximum atomic E-state index is 12.6. The molecule has 0 fully saturated rings. The first kappa shape index (κ1) is 47.0. The van der Waals surface area contributed by atoms with Crippen molar-refractivity contribution in [2.75, 3.05) is 47.5 Å². The van der Waals surface area contributed by atoms with Crippen molar-refractivity contribution < 1.29 is 42.1 Å². The summed E-state index contributed by atoms with van der Waals surface area (Å²) < 4.78 is 34.1. The number of unbranched alkanes of at least 4 members (excludes halogenated alkanes) is 22. The van der Waals surface area contributed by atoms with Crippen LogP contribution in [0.4, 0.5) is 0 Å². The molecule has 0 aromatic heterocycles. The summed E-state index contributed by atoms with van der Waals surface area (Å²) in [6, 6.07) is 0. The van der Waals surface area contributed by atoms with Crippen molar-refractivity contribution >= 4 is 19.8 Å². The summed E-state index contributed by atoms with van der Waals surface area (Å²) in [4.78, 5) is 35.0. The topological polar surface area (TPSA) is 108 Å². The molecule has 286 valence electrons. The highest BCUT2D eigenvalue weighted by Gasteiger charge is 2.27. The Hall–Kier alpha value is -0.990. The van der Waals surface area contributed by atoms with E-state index in [2.05, 4.69) is 13.8 Å². The third-order valence-electron chi connectivity index (χ3n) is 8.64. The predicted octanol–water partition coefficient (Wildman–Crippen LogP) is 10.5. The zero-order valence-electron chi connectivity index (χ0n) is 32.0. The van der Waals surface area contributed by atoms with E-state index in [4.69, 9.17) is 18.5 Å². The van der Waals surface area contributed by atoms with Crippen LogP contribution in [0, 0.1) is 0 Å². The fourth-order valence-electron chi connectivity index (χ4n) is 5.48. The van der Waals surface area contributed by atoms with Crippen molar-refractivity contribution in [3.63, 3.8) is 0 Å². The molecule has 48 heavy (non-hydrogen) atoms. The number of esters is 2. The maximum absolute atomic E-state index is 12.6. The summed E-state index contributed by atoms with van der Waals surface area (Å²) in [6.45, 7) is 4.39. The number of hydrogen-bond donors (Lipinski definition) is 1. The second kappa shape index (κ2) is 32.0. The van der Waals surface area contributed by atoms with Crippen LogP contribution >= 0.6 is 7.82 Å². The van der Waals surface area contributed by atoms with Gasteiger partial charge in [0.05, 0.1) is 27.7 Å². The minimum absolute atomic E-state index is 0.0362. The first-order valence-electron chi connectivity index (χ1n) is 19.8.